The molecular formula is C6H9NO6. The second kappa shape index (κ2) is 5.07. The molecule has 0 aromatic heterocycles. The topological polar surface area (TPSA) is 118 Å². The number of aliphatic carboxylic acids is 2. The van der Waals surface area contributed by atoms with Gasteiger partial charge in [0.1, 0.15) is 0 Å². The number of carboxylic acids is 2. The van der Waals surface area contributed by atoms with E-state index in [2.05, 4.69) is 0 Å². The third-order valence-electron chi connectivity index (χ3n) is 1.41. The molecule has 0 saturated heterocycles. The van der Waals surface area contributed by atoms with Crippen LogP contribution in [-0.2, 0) is 9.59 Å². The first kappa shape index (κ1) is 11.3. The first-order valence-corrected chi connectivity index (χ1v) is 3.53. The van der Waals surface area contributed by atoms with Gasteiger partial charge in [-0.1, -0.05) is 0 Å². The normalized spacial score (nSPS) is 12.0. The molecule has 13 heavy (non-hydrogen) atoms. The summed E-state index contributed by atoms with van der Waals surface area (Å²) in [6.07, 6.45) is -0.514. The van der Waals surface area contributed by atoms with Gasteiger partial charge in [0, 0.05) is 17.8 Å². The van der Waals surface area contributed by atoms with E-state index in [4.69, 9.17) is 10.2 Å². The zero-order chi connectivity index (χ0) is 10.4. The Bertz CT molecular complexity index is 211. The average Bonchev–Trinajstić information content (AvgIpc) is 1.95. The molecule has 0 bridgehead atoms. The highest BCUT2D eigenvalue weighted by atomic mass is 16.6. The Labute approximate surface area is 73.1 Å². The molecule has 0 heterocycles. The predicted molar refractivity (Wildman–Crippen MR) is 39.9 cm³/mol. The van der Waals surface area contributed by atoms with Crippen molar-refractivity contribution in [1.82, 2.24) is 0 Å². The molecule has 0 saturated carbocycles. The Hall–Kier alpha value is -1.66. The lowest BCUT2D eigenvalue weighted by Gasteiger charge is -2.02. The fraction of sp³-hybridized carbons (Fsp3) is 0.667. The SMILES string of the molecule is O=C(O)CCCC(C(=O)O)[N+](=O)[O-]. The second-order valence-electron chi connectivity index (χ2n) is 2.43. The third kappa shape index (κ3) is 4.72. The van der Waals surface area contributed by atoms with Gasteiger partial charge in [0.15, 0.2) is 0 Å². The van der Waals surface area contributed by atoms with Crippen molar-refractivity contribution in [3.05, 3.63) is 10.1 Å². The van der Waals surface area contributed by atoms with Crippen LogP contribution < -0.4 is 0 Å². The van der Waals surface area contributed by atoms with Crippen molar-refractivity contribution in [3.63, 3.8) is 0 Å². The Kier molecular flexibility index (Phi) is 4.42. The number of rotatable bonds is 6. The maximum absolute atomic E-state index is 10.2. The smallest absolute Gasteiger partial charge is 0.379 e. The molecule has 7 nitrogen and oxygen atoms in total. The van der Waals surface area contributed by atoms with Crippen molar-refractivity contribution < 1.29 is 24.7 Å². The fourth-order valence-electron chi connectivity index (χ4n) is 0.766. The number of nitro groups is 1. The molecule has 0 amide bonds. The lowest BCUT2D eigenvalue weighted by atomic mass is 10.1. The molecule has 0 aliphatic heterocycles. The Morgan fingerprint density at radius 3 is 2.23 bits per heavy atom. The Morgan fingerprint density at radius 1 is 1.38 bits per heavy atom. The number of nitrogens with zero attached hydrogens (tertiary/aromatic N) is 1. The monoisotopic (exact) mass is 191 g/mol. The fourth-order valence-corrected chi connectivity index (χ4v) is 0.766. The van der Waals surface area contributed by atoms with Gasteiger partial charge in [-0.3, -0.25) is 14.9 Å². The molecule has 2 N–H and O–H groups in total. The van der Waals surface area contributed by atoms with Crippen molar-refractivity contribution >= 4 is 11.9 Å². The van der Waals surface area contributed by atoms with Crippen LogP contribution in [-0.4, -0.2) is 33.1 Å². The van der Waals surface area contributed by atoms with E-state index in [0.717, 1.165) is 0 Å². The second-order valence-corrected chi connectivity index (χ2v) is 2.43. The van der Waals surface area contributed by atoms with Gasteiger partial charge in [-0.25, -0.2) is 4.79 Å². The molecule has 1 atom stereocenters. The number of carboxylic acid groups (broad SMARTS) is 2. The first-order valence-electron chi connectivity index (χ1n) is 3.53. The van der Waals surface area contributed by atoms with Gasteiger partial charge in [-0.2, -0.15) is 0 Å². The van der Waals surface area contributed by atoms with Crippen molar-refractivity contribution in [1.29, 1.82) is 0 Å². The molecule has 0 aromatic rings. The summed E-state index contributed by atoms with van der Waals surface area (Å²) < 4.78 is 0. The van der Waals surface area contributed by atoms with Gasteiger partial charge in [0.2, 0.25) is 0 Å². The maximum Gasteiger partial charge on any atom is 0.379 e. The standard InChI is InChI=1S/C6H9NO6/c8-5(9)3-1-2-4(6(10)11)7(12)13/h4H,1-3H2,(H,8,9)(H,10,11). The van der Waals surface area contributed by atoms with Gasteiger partial charge in [0.05, 0.1) is 0 Å². The maximum atomic E-state index is 10.2. The molecule has 0 rings (SSSR count). The van der Waals surface area contributed by atoms with E-state index in [1.54, 1.807) is 0 Å². The first-order chi connectivity index (χ1) is 5.95. The van der Waals surface area contributed by atoms with Crippen LogP contribution in [0.2, 0.25) is 0 Å². The largest absolute Gasteiger partial charge is 0.481 e. The highest BCUT2D eigenvalue weighted by molar-refractivity contribution is 5.72. The van der Waals surface area contributed by atoms with E-state index < -0.39 is 22.9 Å². The van der Waals surface area contributed by atoms with Crippen LogP contribution in [0, 0.1) is 10.1 Å². The van der Waals surface area contributed by atoms with Crippen molar-refractivity contribution in [3.8, 4) is 0 Å². The molecule has 0 aromatic carbocycles. The average molecular weight is 191 g/mol. The van der Waals surface area contributed by atoms with E-state index in [-0.39, 0.29) is 19.3 Å². The summed E-state index contributed by atoms with van der Waals surface area (Å²) in [6, 6.07) is -1.70. The Morgan fingerprint density at radius 2 is 1.92 bits per heavy atom. The van der Waals surface area contributed by atoms with Gasteiger partial charge >= 0.3 is 18.0 Å². The van der Waals surface area contributed by atoms with E-state index in [1.165, 1.54) is 0 Å². The molecule has 0 spiro atoms. The number of hydrogen-bond acceptors (Lipinski definition) is 4. The van der Waals surface area contributed by atoms with Gasteiger partial charge < -0.3 is 10.2 Å². The zero-order valence-corrected chi connectivity index (χ0v) is 6.67. The summed E-state index contributed by atoms with van der Waals surface area (Å²) in [6.45, 7) is 0. The van der Waals surface area contributed by atoms with E-state index in [0.29, 0.717) is 0 Å². The molecule has 0 aliphatic carbocycles. The van der Waals surface area contributed by atoms with Gasteiger partial charge in [-0.05, 0) is 6.42 Å². The highest BCUT2D eigenvalue weighted by Crippen LogP contribution is 2.04. The van der Waals surface area contributed by atoms with Crippen LogP contribution in [0.3, 0.4) is 0 Å². The predicted octanol–water partition coefficient (Wildman–Crippen LogP) is -0.0288. The molecule has 1 unspecified atom stereocenters. The highest BCUT2D eigenvalue weighted by Gasteiger charge is 2.28. The lowest BCUT2D eigenvalue weighted by molar-refractivity contribution is -0.511. The van der Waals surface area contributed by atoms with Crippen molar-refractivity contribution in [2.75, 3.05) is 0 Å². The number of carbonyl (C=O) groups is 2. The van der Waals surface area contributed by atoms with E-state index >= 15 is 0 Å². The summed E-state index contributed by atoms with van der Waals surface area (Å²) in [7, 11) is 0. The van der Waals surface area contributed by atoms with Crippen LogP contribution >= 0.6 is 0 Å². The lowest BCUT2D eigenvalue weighted by Crippen LogP contribution is -2.29. The minimum atomic E-state index is -1.70. The zero-order valence-electron chi connectivity index (χ0n) is 6.67. The quantitative estimate of drug-likeness (QED) is 0.449. The van der Waals surface area contributed by atoms with Crippen molar-refractivity contribution in [2.24, 2.45) is 0 Å². The molecular weight excluding hydrogens is 182 g/mol. The van der Waals surface area contributed by atoms with Crippen molar-refractivity contribution in [2.45, 2.75) is 25.3 Å². The van der Waals surface area contributed by atoms with E-state index in [9.17, 15) is 19.7 Å². The van der Waals surface area contributed by atoms with Crippen LogP contribution in [0.25, 0.3) is 0 Å². The number of hydrogen-bond donors (Lipinski definition) is 2. The van der Waals surface area contributed by atoms with Crippen LogP contribution in [0.4, 0.5) is 0 Å². The Balaban J connectivity index is 3.91. The molecule has 7 heteroatoms. The summed E-state index contributed by atoms with van der Waals surface area (Å²) in [5.41, 5.74) is 0. The van der Waals surface area contributed by atoms with Crippen LogP contribution in [0.5, 0.6) is 0 Å². The third-order valence-corrected chi connectivity index (χ3v) is 1.41. The molecule has 0 fully saturated rings. The summed E-state index contributed by atoms with van der Waals surface area (Å²) in [5.74, 6) is -2.62. The molecule has 74 valence electrons. The summed E-state index contributed by atoms with van der Waals surface area (Å²) >= 11 is 0. The molecule has 0 radical (unpaired) electrons. The van der Waals surface area contributed by atoms with E-state index in [1.807, 2.05) is 0 Å². The summed E-state index contributed by atoms with van der Waals surface area (Å²) in [5, 5.41) is 26.6. The minimum Gasteiger partial charge on any atom is -0.481 e. The minimum absolute atomic E-state index is 0.00667. The van der Waals surface area contributed by atoms with Gasteiger partial charge in [0.25, 0.3) is 0 Å². The molecule has 0 aliphatic rings. The van der Waals surface area contributed by atoms with Gasteiger partial charge in [-0.15, -0.1) is 0 Å². The van der Waals surface area contributed by atoms with Crippen LogP contribution in [0.15, 0.2) is 0 Å². The summed E-state index contributed by atoms with van der Waals surface area (Å²) in [4.78, 5) is 29.4. The van der Waals surface area contributed by atoms with Crippen LogP contribution in [0.1, 0.15) is 19.3 Å².